The van der Waals surface area contributed by atoms with E-state index < -0.39 is 48.2 Å². The molecule has 0 amide bonds. The van der Waals surface area contributed by atoms with Crippen LogP contribution < -0.4 is 9.62 Å². The first-order valence-electron chi connectivity index (χ1n) is 11.8. The van der Waals surface area contributed by atoms with Crippen LogP contribution in [0.15, 0.2) is 17.2 Å². The number of fused-ring (bicyclic) bond motifs is 1. The molecule has 3 aromatic heterocycles. The molecule has 2 fully saturated rings. The van der Waals surface area contributed by atoms with Gasteiger partial charge in [0, 0.05) is 37.9 Å². The zero-order chi connectivity index (χ0) is 27.6. The van der Waals surface area contributed by atoms with E-state index in [4.69, 9.17) is 0 Å². The van der Waals surface area contributed by atoms with Crippen LogP contribution in [-0.2, 0) is 20.0 Å². The molecule has 208 valence electrons. The van der Waals surface area contributed by atoms with E-state index in [-0.39, 0.29) is 53.1 Å². The van der Waals surface area contributed by atoms with Gasteiger partial charge >= 0.3 is 0 Å². The molecule has 5 rings (SSSR count). The number of aromatic nitrogens is 4. The van der Waals surface area contributed by atoms with Gasteiger partial charge in [0.05, 0.1) is 10.9 Å². The minimum atomic E-state index is -4.06. The van der Waals surface area contributed by atoms with E-state index in [0.717, 1.165) is 0 Å². The lowest BCUT2D eigenvalue weighted by atomic mass is 10.2. The number of hydrogen-bond donors (Lipinski definition) is 1. The quantitative estimate of drug-likeness (QED) is 0.422. The average molecular weight is 594 g/mol. The van der Waals surface area contributed by atoms with Gasteiger partial charge in [-0.1, -0.05) is 11.3 Å². The second kappa shape index (κ2) is 9.39. The molecule has 1 saturated heterocycles. The van der Waals surface area contributed by atoms with Gasteiger partial charge in [-0.05, 0) is 39.7 Å². The van der Waals surface area contributed by atoms with Crippen molar-refractivity contribution in [3.8, 4) is 10.8 Å². The fraction of sp³-hybridized carbons (Fsp3) is 0.571. The smallest absolute Gasteiger partial charge is 0.291 e. The Morgan fingerprint density at radius 1 is 1.08 bits per heavy atom. The molecule has 17 heteroatoms. The fourth-order valence-corrected chi connectivity index (χ4v) is 7.67. The molecule has 0 atom stereocenters. The molecular formula is C21H26F3N7O4S3. The number of imidazole rings is 1. The Balaban J connectivity index is 1.61. The lowest BCUT2D eigenvalue weighted by molar-refractivity contribution is 0.150. The van der Waals surface area contributed by atoms with Crippen LogP contribution in [0.2, 0.25) is 0 Å². The summed E-state index contributed by atoms with van der Waals surface area (Å²) < 4.78 is 98.6. The summed E-state index contributed by atoms with van der Waals surface area (Å²) in [5.74, 6) is -1.12. The molecule has 0 aromatic carbocycles. The van der Waals surface area contributed by atoms with Crippen molar-refractivity contribution in [2.45, 2.75) is 55.7 Å². The summed E-state index contributed by atoms with van der Waals surface area (Å²) in [5, 5.41) is 5.86. The Morgan fingerprint density at radius 3 is 2.29 bits per heavy atom. The van der Waals surface area contributed by atoms with Crippen molar-refractivity contribution in [2.24, 2.45) is 0 Å². The molecule has 11 nitrogen and oxygen atoms in total. The molecule has 38 heavy (non-hydrogen) atoms. The molecule has 0 unspecified atom stereocenters. The van der Waals surface area contributed by atoms with E-state index in [0.29, 0.717) is 24.2 Å². The minimum absolute atomic E-state index is 0.0782. The molecule has 1 saturated carbocycles. The maximum Gasteiger partial charge on any atom is 0.291 e. The second-order valence-corrected chi connectivity index (χ2v) is 15.1. The number of alkyl halides is 2. The highest BCUT2D eigenvalue weighted by Gasteiger charge is 2.42. The van der Waals surface area contributed by atoms with Gasteiger partial charge in [0.15, 0.2) is 15.8 Å². The average Bonchev–Trinajstić information content (AvgIpc) is 3.24. The fourth-order valence-electron chi connectivity index (χ4n) is 4.23. The molecule has 0 spiro atoms. The lowest BCUT2D eigenvalue weighted by Gasteiger charge is -2.36. The van der Waals surface area contributed by atoms with Crippen molar-refractivity contribution in [2.75, 3.05) is 31.1 Å². The van der Waals surface area contributed by atoms with Gasteiger partial charge in [0.1, 0.15) is 10.4 Å². The Bertz CT molecular complexity index is 1590. The summed E-state index contributed by atoms with van der Waals surface area (Å²) in [7, 11) is -7.56. The number of piperazine rings is 1. The normalized spacial score (nSPS) is 18.7. The highest BCUT2D eigenvalue weighted by atomic mass is 32.2. The van der Waals surface area contributed by atoms with E-state index >= 15 is 4.39 Å². The second-order valence-electron chi connectivity index (χ2n) is 9.90. The first-order valence-corrected chi connectivity index (χ1v) is 15.6. The van der Waals surface area contributed by atoms with Crippen LogP contribution in [0.25, 0.3) is 16.3 Å². The minimum Gasteiger partial charge on any atom is -0.367 e. The monoisotopic (exact) mass is 593 g/mol. The number of anilines is 1. The zero-order valence-corrected chi connectivity index (χ0v) is 23.2. The summed E-state index contributed by atoms with van der Waals surface area (Å²) in [6.45, 7) is 5.53. The summed E-state index contributed by atoms with van der Waals surface area (Å²) in [6.07, 6.45) is -0.369. The SMILES string of the molecule is CC(C)S(=O)(=O)N1CCN(c2cc(S(=O)(=O)NC3(C)CC3)cn3c(-c4nnc(C(F)F)s4)nc(F)c23)CC1. The van der Waals surface area contributed by atoms with Crippen LogP contribution in [0.4, 0.5) is 18.9 Å². The van der Waals surface area contributed by atoms with Gasteiger partial charge in [-0.15, -0.1) is 10.2 Å². The van der Waals surface area contributed by atoms with Crippen LogP contribution in [0.3, 0.4) is 0 Å². The van der Waals surface area contributed by atoms with Crippen molar-refractivity contribution >= 4 is 42.6 Å². The molecule has 0 radical (unpaired) electrons. The van der Waals surface area contributed by atoms with E-state index in [2.05, 4.69) is 19.9 Å². The van der Waals surface area contributed by atoms with Crippen molar-refractivity contribution < 1.29 is 30.0 Å². The summed E-state index contributed by atoms with van der Waals surface area (Å²) >= 11 is 0.528. The van der Waals surface area contributed by atoms with Crippen molar-refractivity contribution in [1.82, 2.24) is 28.6 Å². The maximum absolute atomic E-state index is 15.3. The number of nitrogens with zero attached hydrogens (tertiary/aromatic N) is 6. The highest BCUT2D eigenvalue weighted by molar-refractivity contribution is 7.89. The van der Waals surface area contributed by atoms with Gasteiger partial charge in [-0.25, -0.2) is 30.3 Å². The number of hydrogen-bond acceptors (Lipinski definition) is 9. The van der Waals surface area contributed by atoms with Crippen molar-refractivity contribution in [3.05, 3.63) is 23.2 Å². The van der Waals surface area contributed by atoms with Gasteiger partial charge < -0.3 is 4.90 Å². The number of halogens is 3. The molecule has 3 aromatic rings. The maximum atomic E-state index is 15.3. The van der Waals surface area contributed by atoms with Gasteiger partial charge in [0.2, 0.25) is 26.0 Å². The van der Waals surface area contributed by atoms with Crippen LogP contribution in [0, 0.1) is 5.95 Å². The molecular weight excluding hydrogens is 567 g/mol. The van der Waals surface area contributed by atoms with E-state index in [1.165, 1.54) is 21.0 Å². The first-order chi connectivity index (χ1) is 17.7. The predicted octanol–water partition coefficient (Wildman–Crippen LogP) is 2.62. The first kappa shape index (κ1) is 27.2. The van der Waals surface area contributed by atoms with Gasteiger partial charge in [0.25, 0.3) is 6.43 Å². The summed E-state index contributed by atoms with van der Waals surface area (Å²) in [4.78, 5) is 5.40. The Hall–Kier alpha value is -2.34. The van der Waals surface area contributed by atoms with Crippen LogP contribution in [0.1, 0.15) is 45.0 Å². The Labute approximate surface area is 221 Å². The van der Waals surface area contributed by atoms with E-state index in [1.54, 1.807) is 25.7 Å². The Kier molecular flexibility index (Phi) is 6.73. The summed E-state index contributed by atoms with van der Waals surface area (Å²) in [6, 6.07) is 1.33. The Morgan fingerprint density at radius 2 is 1.74 bits per heavy atom. The largest absolute Gasteiger partial charge is 0.367 e. The number of nitrogens with one attached hydrogen (secondary N) is 1. The van der Waals surface area contributed by atoms with Gasteiger partial charge in [-0.3, -0.25) is 4.40 Å². The third-order valence-corrected chi connectivity index (χ3v) is 11.5. The van der Waals surface area contributed by atoms with Crippen LogP contribution in [-0.4, -0.2) is 77.7 Å². The number of pyridine rings is 1. The number of sulfonamides is 2. The topological polar surface area (TPSA) is 130 Å². The molecule has 1 aliphatic heterocycles. The van der Waals surface area contributed by atoms with Crippen molar-refractivity contribution in [1.29, 1.82) is 0 Å². The van der Waals surface area contributed by atoms with Gasteiger partial charge in [-0.2, -0.15) is 13.7 Å². The zero-order valence-electron chi connectivity index (χ0n) is 20.7. The van der Waals surface area contributed by atoms with E-state index in [1.807, 2.05) is 0 Å². The third kappa shape index (κ3) is 4.89. The van der Waals surface area contributed by atoms with Crippen LogP contribution >= 0.6 is 11.3 Å². The molecule has 4 heterocycles. The van der Waals surface area contributed by atoms with Crippen LogP contribution in [0.5, 0.6) is 0 Å². The molecule has 0 bridgehead atoms. The molecule has 1 N–H and O–H groups in total. The standard InChI is InChI=1S/C21H26F3N7O4S3/c1-12(2)38(34,35)30-8-6-29(7-9-30)14-10-13(37(32,33)28-21(3)4-5-21)11-31-15(14)17(24)25-18(31)20-27-26-19(36-20)16(22)23/h10-12,16,28H,4-9H2,1-3H3. The third-order valence-electron chi connectivity index (χ3n) is 6.69. The molecule has 2 aliphatic rings. The summed E-state index contributed by atoms with van der Waals surface area (Å²) in [5.41, 5.74) is -0.477. The molecule has 1 aliphatic carbocycles. The lowest BCUT2D eigenvalue weighted by Crippen LogP contribution is -2.50. The van der Waals surface area contributed by atoms with E-state index in [9.17, 15) is 25.6 Å². The van der Waals surface area contributed by atoms with Crippen molar-refractivity contribution in [3.63, 3.8) is 0 Å². The highest BCUT2D eigenvalue weighted by Crippen LogP contribution is 2.38. The number of rotatable bonds is 8. The predicted molar refractivity (Wildman–Crippen MR) is 135 cm³/mol.